The zero-order valence-corrected chi connectivity index (χ0v) is 19.7. The molecule has 0 aromatic heterocycles. The number of hydrogen-bond donors (Lipinski definition) is 3. The van der Waals surface area contributed by atoms with E-state index in [1.807, 2.05) is 0 Å². The van der Waals surface area contributed by atoms with E-state index in [-0.39, 0.29) is 24.5 Å². The lowest BCUT2D eigenvalue weighted by molar-refractivity contribution is -0.123. The van der Waals surface area contributed by atoms with Crippen LogP contribution < -0.4 is 15.4 Å². The van der Waals surface area contributed by atoms with Gasteiger partial charge in [-0.3, -0.25) is 14.6 Å². The maximum absolute atomic E-state index is 13.7. The van der Waals surface area contributed by atoms with Gasteiger partial charge in [0.1, 0.15) is 23.1 Å². The lowest BCUT2D eigenvalue weighted by atomic mass is 10.0. The van der Waals surface area contributed by atoms with Crippen molar-refractivity contribution in [3.05, 3.63) is 101 Å². The average Bonchev–Trinajstić information content (AvgIpc) is 2.86. The molecule has 9 heteroatoms. The highest BCUT2D eigenvalue weighted by molar-refractivity contribution is 6.12. The number of allylic oxidation sites excluding steroid dienone is 1. The third kappa shape index (κ3) is 6.99. The summed E-state index contributed by atoms with van der Waals surface area (Å²) in [6.45, 7) is 1.33. The maximum Gasteiger partial charge on any atom is 0.258 e. The van der Waals surface area contributed by atoms with Gasteiger partial charge in [-0.15, -0.1) is 0 Å². The van der Waals surface area contributed by atoms with E-state index in [2.05, 4.69) is 15.6 Å². The van der Waals surface area contributed by atoms with Crippen molar-refractivity contribution in [1.29, 1.82) is 0 Å². The van der Waals surface area contributed by atoms with E-state index < -0.39 is 17.5 Å². The van der Waals surface area contributed by atoms with Crippen LogP contribution in [0.2, 0.25) is 0 Å². The summed E-state index contributed by atoms with van der Waals surface area (Å²) in [5.41, 5.74) is 3.17. The molecule has 3 aromatic rings. The summed E-state index contributed by atoms with van der Waals surface area (Å²) in [6, 6.07) is 15.0. The van der Waals surface area contributed by atoms with Gasteiger partial charge in [0.05, 0.1) is 5.71 Å². The minimum absolute atomic E-state index is 0.102. The first-order valence-electron chi connectivity index (χ1n) is 10.9. The summed E-state index contributed by atoms with van der Waals surface area (Å²) in [4.78, 5) is 27.6. The van der Waals surface area contributed by atoms with Gasteiger partial charge in [0.25, 0.3) is 5.91 Å². The van der Waals surface area contributed by atoms with Crippen molar-refractivity contribution in [1.82, 2.24) is 10.6 Å². The number of carbonyl (C=O) groups excluding carboxylic acids is 2. The summed E-state index contributed by atoms with van der Waals surface area (Å²) < 4.78 is 32.3. The number of aromatic hydroxyl groups is 1. The van der Waals surface area contributed by atoms with Crippen LogP contribution in [0, 0.1) is 18.6 Å². The number of phenols is 1. The lowest BCUT2D eigenvalue weighted by Crippen LogP contribution is -2.28. The first-order chi connectivity index (χ1) is 17.3. The first-order valence-corrected chi connectivity index (χ1v) is 10.9. The number of ether oxygens (including phenoxy) is 1. The summed E-state index contributed by atoms with van der Waals surface area (Å²) in [7, 11) is 1.60. The van der Waals surface area contributed by atoms with Crippen molar-refractivity contribution in [2.75, 3.05) is 13.7 Å². The van der Waals surface area contributed by atoms with Gasteiger partial charge in [-0.05, 0) is 60.5 Å². The van der Waals surface area contributed by atoms with Crippen LogP contribution >= 0.6 is 0 Å². The van der Waals surface area contributed by atoms with Gasteiger partial charge < -0.3 is 20.5 Å². The number of rotatable bonds is 10. The standard InChI is InChI=1S/C27H25F2N3O4/c1-17-10-19(7-9-26(17)34)25(32-16-33)13-24(30-2)18-4-3-5-22(11-18)36-15-27(35)31-14-20-6-8-21(28)12-23(20)29/h3-13,16,34H,14-15H2,1-2H3,(H,31,35)(H,32,33)/b25-13-,30-24?. The minimum atomic E-state index is -0.741. The van der Waals surface area contributed by atoms with Gasteiger partial charge in [0.2, 0.25) is 6.41 Å². The SMILES string of the molecule is CN=C(/C=C(\NC=O)c1ccc(O)c(C)c1)c1cccc(OCC(=O)NCc2ccc(F)cc2F)c1. The van der Waals surface area contributed by atoms with Crippen LogP contribution in [0.3, 0.4) is 0 Å². The Hall–Kier alpha value is -4.53. The van der Waals surface area contributed by atoms with E-state index in [1.165, 1.54) is 12.1 Å². The molecular weight excluding hydrogens is 468 g/mol. The average molecular weight is 494 g/mol. The van der Waals surface area contributed by atoms with Gasteiger partial charge in [0.15, 0.2) is 6.61 Å². The predicted octanol–water partition coefficient (Wildman–Crippen LogP) is 3.88. The van der Waals surface area contributed by atoms with Gasteiger partial charge in [0, 0.05) is 36.5 Å². The number of benzene rings is 3. The topological polar surface area (TPSA) is 100 Å². The van der Waals surface area contributed by atoms with E-state index in [9.17, 15) is 23.5 Å². The normalized spacial score (nSPS) is 11.7. The molecule has 0 radical (unpaired) electrons. The Balaban J connectivity index is 1.69. The number of nitrogens with zero attached hydrogens (tertiary/aromatic N) is 1. The number of hydrogen-bond acceptors (Lipinski definition) is 5. The van der Waals surface area contributed by atoms with E-state index >= 15 is 0 Å². The molecule has 3 aromatic carbocycles. The number of aryl methyl sites for hydroxylation is 1. The quantitative estimate of drug-likeness (QED) is 0.295. The highest BCUT2D eigenvalue weighted by Gasteiger charge is 2.10. The second kappa shape index (κ2) is 12.3. The van der Waals surface area contributed by atoms with Crippen LogP contribution in [0.4, 0.5) is 8.78 Å². The molecule has 0 saturated heterocycles. The highest BCUT2D eigenvalue weighted by atomic mass is 19.1. The number of phenolic OH excluding ortho intramolecular Hbond substituents is 1. The summed E-state index contributed by atoms with van der Waals surface area (Å²) in [5.74, 6) is -1.37. The summed E-state index contributed by atoms with van der Waals surface area (Å²) >= 11 is 0. The molecular formula is C27H25F2N3O4. The lowest BCUT2D eigenvalue weighted by Gasteiger charge is -2.11. The van der Waals surface area contributed by atoms with Crippen LogP contribution in [0.15, 0.2) is 71.7 Å². The number of carbonyl (C=O) groups is 2. The molecule has 3 N–H and O–H groups in total. The molecule has 0 saturated carbocycles. The van der Waals surface area contributed by atoms with Crippen LogP contribution in [0.1, 0.15) is 22.3 Å². The fourth-order valence-corrected chi connectivity index (χ4v) is 3.31. The van der Waals surface area contributed by atoms with Crippen LogP contribution in [-0.4, -0.2) is 36.8 Å². The van der Waals surface area contributed by atoms with Crippen molar-refractivity contribution in [3.8, 4) is 11.5 Å². The second-order valence-corrected chi connectivity index (χ2v) is 7.76. The molecule has 2 amide bonds. The molecule has 0 heterocycles. The molecule has 186 valence electrons. The molecule has 0 spiro atoms. The Morgan fingerprint density at radius 1 is 1.08 bits per heavy atom. The zero-order chi connectivity index (χ0) is 26.1. The van der Waals surface area contributed by atoms with E-state index in [0.717, 1.165) is 12.1 Å². The van der Waals surface area contributed by atoms with Crippen LogP contribution in [0.25, 0.3) is 5.70 Å². The summed E-state index contributed by atoms with van der Waals surface area (Å²) in [5, 5.41) is 15.0. The second-order valence-electron chi connectivity index (χ2n) is 7.76. The molecule has 7 nitrogen and oxygen atoms in total. The third-order valence-electron chi connectivity index (χ3n) is 5.24. The molecule has 3 rings (SSSR count). The van der Waals surface area contributed by atoms with Gasteiger partial charge >= 0.3 is 0 Å². The first kappa shape index (κ1) is 26.1. The highest BCUT2D eigenvalue weighted by Crippen LogP contribution is 2.22. The monoisotopic (exact) mass is 493 g/mol. The molecule has 0 aliphatic heterocycles. The number of amides is 2. The number of aliphatic imine (C=N–C) groups is 1. The minimum Gasteiger partial charge on any atom is -0.508 e. The molecule has 0 bridgehead atoms. The zero-order valence-electron chi connectivity index (χ0n) is 19.7. The van der Waals surface area contributed by atoms with Gasteiger partial charge in [-0.2, -0.15) is 0 Å². The largest absolute Gasteiger partial charge is 0.508 e. The Morgan fingerprint density at radius 2 is 1.89 bits per heavy atom. The Kier molecular flexibility index (Phi) is 8.88. The Morgan fingerprint density at radius 3 is 2.58 bits per heavy atom. The fraction of sp³-hybridized carbons (Fsp3) is 0.148. The molecule has 36 heavy (non-hydrogen) atoms. The maximum atomic E-state index is 13.7. The van der Waals surface area contributed by atoms with Gasteiger partial charge in [-0.1, -0.05) is 18.2 Å². The van der Waals surface area contributed by atoms with Crippen LogP contribution in [-0.2, 0) is 16.1 Å². The smallest absolute Gasteiger partial charge is 0.258 e. The van der Waals surface area contributed by atoms with Crippen LogP contribution in [0.5, 0.6) is 11.5 Å². The fourth-order valence-electron chi connectivity index (χ4n) is 3.31. The van der Waals surface area contributed by atoms with Crippen molar-refractivity contribution in [2.24, 2.45) is 4.99 Å². The predicted molar refractivity (Wildman–Crippen MR) is 133 cm³/mol. The Labute approximate surface area is 207 Å². The summed E-state index contributed by atoms with van der Waals surface area (Å²) in [6.07, 6.45) is 2.24. The van der Waals surface area contributed by atoms with E-state index in [1.54, 1.807) is 56.4 Å². The number of nitrogens with one attached hydrogen (secondary N) is 2. The Bertz CT molecular complexity index is 1320. The molecule has 0 atom stereocenters. The molecule has 0 aliphatic rings. The number of halogens is 2. The van der Waals surface area contributed by atoms with Crippen molar-refractivity contribution >= 4 is 23.7 Å². The van der Waals surface area contributed by atoms with E-state index in [0.29, 0.717) is 40.3 Å². The molecule has 0 aliphatic carbocycles. The van der Waals surface area contributed by atoms with Crippen molar-refractivity contribution in [3.63, 3.8) is 0 Å². The third-order valence-corrected chi connectivity index (χ3v) is 5.24. The van der Waals surface area contributed by atoms with Crippen molar-refractivity contribution in [2.45, 2.75) is 13.5 Å². The van der Waals surface area contributed by atoms with Gasteiger partial charge in [-0.25, -0.2) is 8.78 Å². The van der Waals surface area contributed by atoms with Crippen molar-refractivity contribution < 1.29 is 28.2 Å². The molecule has 0 unspecified atom stereocenters. The van der Waals surface area contributed by atoms with E-state index in [4.69, 9.17) is 4.74 Å². The molecule has 0 fully saturated rings.